The van der Waals surface area contributed by atoms with Crippen LogP contribution < -0.4 is 9.47 Å². The van der Waals surface area contributed by atoms with Gasteiger partial charge < -0.3 is 9.47 Å². The average molecular weight is 591 g/mol. The molecule has 0 spiro atoms. The Morgan fingerprint density at radius 2 is 0.739 bits per heavy atom. The lowest BCUT2D eigenvalue weighted by atomic mass is 9.90. The zero-order valence-corrected chi connectivity index (χ0v) is 25.2. The van der Waals surface area contributed by atoms with Crippen molar-refractivity contribution < 1.29 is 9.47 Å². The van der Waals surface area contributed by atoms with Gasteiger partial charge in [-0.1, -0.05) is 145 Å². The summed E-state index contributed by atoms with van der Waals surface area (Å²) in [6.07, 6.45) is 0. The lowest BCUT2D eigenvalue weighted by molar-refractivity contribution is 0.309. The number of benzene rings is 7. The van der Waals surface area contributed by atoms with E-state index >= 15 is 0 Å². The van der Waals surface area contributed by atoms with Crippen molar-refractivity contribution in [2.45, 2.75) is 13.2 Å². The third kappa shape index (κ3) is 6.34. The van der Waals surface area contributed by atoms with Crippen LogP contribution in [0.5, 0.6) is 11.5 Å². The molecular weight excluding hydrogens is 560 g/mol. The van der Waals surface area contributed by atoms with Gasteiger partial charge in [-0.2, -0.15) is 0 Å². The van der Waals surface area contributed by atoms with Crippen LogP contribution in [0.2, 0.25) is 0 Å². The van der Waals surface area contributed by atoms with Crippen molar-refractivity contribution in [3.8, 4) is 35.2 Å². The van der Waals surface area contributed by atoms with Crippen LogP contribution in [-0.4, -0.2) is 0 Å². The van der Waals surface area contributed by atoms with Crippen LogP contribution in [0, 0.1) is 23.7 Å². The first kappa shape index (κ1) is 28.5. The van der Waals surface area contributed by atoms with E-state index in [0.717, 1.165) is 66.4 Å². The molecule has 2 nitrogen and oxygen atoms in total. The largest absolute Gasteiger partial charge is 0.488 e. The lowest BCUT2D eigenvalue weighted by Crippen LogP contribution is -2.01. The summed E-state index contributed by atoms with van der Waals surface area (Å²) in [5, 5.41) is 3.81. The van der Waals surface area contributed by atoms with Crippen LogP contribution in [0.25, 0.3) is 21.5 Å². The van der Waals surface area contributed by atoms with E-state index in [1.54, 1.807) is 0 Å². The van der Waals surface area contributed by atoms with Gasteiger partial charge in [0.25, 0.3) is 0 Å². The molecule has 0 bridgehead atoms. The summed E-state index contributed by atoms with van der Waals surface area (Å²) in [7, 11) is 0. The highest BCUT2D eigenvalue weighted by Crippen LogP contribution is 2.41. The molecule has 0 fully saturated rings. The minimum Gasteiger partial charge on any atom is -0.488 e. The van der Waals surface area contributed by atoms with Crippen molar-refractivity contribution in [2.24, 2.45) is 0 Å². The molecule has 0 unspecified atom stereocenters. The minimum absolute atomic E-state index is 0.431. The fourth-order valence-electron chi connectivity index (χ4n) is 5.55. The van der Waals surface area contributed by atoms with Crippen molar-refractivity contribution in [3.05, 3.63) is 191 Å². The summed E-state index contributed by atoms with van der Waals surface area (Å²) < 4.78 is 13.2. The molecule has 0 aliphatic heterocycles. The van der Waals surface area contributed by atoms with E-state index < -0.39 is 0 Å². The van der Waals surface area contributed by atoms with Crippen molar-refractivity contribution in [1.29, 1.82) is 0 Å². The average Bonchev–Trinajstić information content (AvgIpc) is 3.13. The van der Waals surface area contributed by atoms with Crippen LogP contribution in [-0.2, 0) is 13.2 Å². The van der Waals surface area contributed by atoms with Crippen molar-refractivity contribution >= 4 is 21.5 Å². The van der Waals surface area contributed by atoms with Gasteiger partial charge in [0.15, 0.2) is 0 Å². The van der Waals surface area contributed by atoms with Gasteiger partial charge in [0.2, 0.25) is 0 Å². The minimum atomic E-state index is 0.431. The molecule has 0 atom stereocenters. The standard InChI is InChI=1S/C44H30O2/c1-5-15-33(16-6-1)27-29-37-38-23-13-25-41(45-31-35-19-9-3-10-20-35)43(38)40(30-28-34-17-7-2-8-18-34)44-39(37)24-14-26-42(44)46-32-36-21-11-4-12-22-36/h1-26H,31-32H2. The molecule has 46 heavy (non-hydrogen) atoms. The SMILES string of the molecule is C(#Cc1c2cccc(OCc3ccccc3)c2c(C#Cc2ccccc2)c2c(OCc3ccccc3)cccc12)c1ccccc1. The molecular formula is C44H30O2. The Morgan fingerprint density at radius 3 is 1.17 bits per heavy atom. The molecule has 0 N–H and O–H groups in total. The molecule has 2 heteroatoms. The summed E-state index contributed by atoms with van der Waals surface area (Å²) in [4.78, 5) is 0. The van der Waals surface area contributed by atoms with Crippen molar-refractivity contribution in [1.82, 2.24) is 0 Å². The Bertz CT molecular complexity index is 2130. The second kappa shape index (κ2) is 13.6. The smallest absolute Gasteiger partial charge is 0.128 e. The first-order valence-electron chi connectivity index (χ1n) is 15.3. The third-order valence-electron chi connectivity index (χ3n) is 7.78. The lowest BCUT2D eigenvalue weighted by Gasteiger charge is -2.18. The fourth-order valence-corrected chi connectivity index (χ4v) is 5.55. The predicted molar refractivity (Wildman–Crippen MR) is 188 cm³/mol. The first-order chi connectivity index (χ1) is 22.8. The van der Waals surface area contributed by atoms with Crippen molar-refractivity contribution in [2.75, 3.05) is 0 Å². The molecule has 0 radical (unpaired) electrons. The van der Waals surface area contributed by atoms with Gasteiger partial charge in [-0.25, -0.2) is 0 Å². The topological polar surface area (TPSA) is 18.5 Å². The number of fused-ring (bicyclic) bond motifs is 2. The van der Waals surface area contributed by atoms with Gasteiger partial charge in [0.05, 0.1) is 0 Å². The number of ether oxygens (including phenoxy) is 2. The molecule has 0 saturated carbocycles. The number of rotatable bonds is 6. The molecule has 7 aromatic rings. The second-order valence-corrected chi connectivity index (χ2v) is 10.9. The van der Waals surface area contributed by atoms with E-state index in [4.69, 9.17) is 9.47 Å². The van der Waals surface area contributed by atoms with Crippen LogP contribution >= 0.6 is 0 Å². The maximum absolute atomic E-state index is 6.58. The fraction of sp³-hybridized carbons (Fsp3) is 0.0455. The Hall–Kier alpha value is -6.22. The molecule has 0 aliphatic rings. The van der Waals surface area contributed by atoms with Crippen LogP contribution in [0.15, 0.2) is 158 Å². The third-order valence-corrected chi connectivity index (χ3v) is 7.78. The molecule has 218 valence electrons. The summed E-state index contributed by atoms with van der Waals surface area (Å²) in [6, 6.07) is 52.9. The Kier molecular flexibility index (Phi) is 8.44. The molecule has 0 amide bonds. The van der Waals surface area contributed by atoms with Gasteiger partial charge in [0.1, 0.15) is 24.7 Å². The second-order valence-electron chi connectivity index (χ2n) is 10.9. The van der Waals surface area contributed by atoms with Crippen molar-refractivity contribution in [3.63, 3.8) is 0 Å². The summed E-state index contributed by atoms with van der Waals surface area (Å²) in [6.45, 7) is 0.863. The molecule has 0 aromatic heterocycles. The summed E-state index contributed by atoms with van der Waals surface area (Å²) in [5.41, 5.74) is 5.83. The summed E-state index contributed by atoms with van der Waals surface area (Å²) >= 11 is 0. The van der Waals surface area contributed by atoms with Gasteiger partial charge in [-0.3, -0.25) is 0 Å². The predicted octanol–water partition coefficient (Wildman–Crippen LogP) is 9.95. The summed E-state index contributed by atoms with van der Waals surface area (Å²) in [5.74, 6) is 15.4. The van der Waals surface area contributed by atoms with Crippen LogP contribution in [0.3, 0.4) is 0 Å². The zero-order chi connectivity index (χ0) is 31.0. The quantitative estimate of drug-likeness (QED) is 0.142. The van der Waals surface area contributed by atoms with Gasteiger partial charge >= 0.3 is 0 Å². The van der Waals surface area contributed by atoms with Crippen LogP contribution in [0.4, 0.5) is 0 Å². The van der Waals surface area contributed by atoms with E-state index in [1.165, 1.54) is 0 Å². The number of hydrogen-bond donors (Lipinski definition) is 0. The molecule has 7 rings (SSSR count). The molecule has 0 heterocycles. The Labute approximate surface area is 269 Å². The zero-order valence-electron chi connectivity index (χ0n) is 25.2. The molecule has 0 aliphatic carbocycles. The van der Waals surface area contributed by atoms with E-state index in [-0.39, 0.29) is 0 Å². The highest BCUT2D eigenvalue weighted by Gasteiger charge is 2.19. The maximum atomic E-state index is 6.58. The molecule has 0 saturated heterocycles. The first-order valence-corrected chi connectivity index (χ1v) is 15.3. The Morgan fingerprint density at radius 1 is 0.348 bits per heavy atom. The monoisotopic (exact) mass is 590 g/mol. The van der Waals surface area contributed by atoms with Gasteiger partial charge in [-0.05, 0) is 47.5 Å². The normalized spacial score (nSPS) is 10.4. The van der Waals surface area contributed by atoms with Crippen LogP contribution in [0.1, 0.15) is 33.4 Å². The van der Waals surface area contributed by atoms with E-state index in [9.17, 15) is 0 Å². The highest BCUT2D eigenvalue weighted by atomic mass is 16.5. The number of hydrogen-bond acceptors (Lipinski definition) is 2. The van der Waals surface area contributed by atoms with Gasteiger partial charge in [0, 0.05) is 43.8 Å². The molecule has 7 aromatic carbocycles. The highest BCUT2D eigenvalue weighted by molar-refractivity contribution is 6.13. The van der Waals surface area contributed by atoms with Gasteiger partial charge in [-0.15, -0.1) is 0 Å². The Balaban J connectivity index is 1.50. The van der Waals surface area contributed by atoms with E-state index in [0.29, 0.717) is 13.2 Å². The maximum Gasteiger partial charge on any atom is 0.128 e. The van der Waals surface area contributed by atoms with E-state index in [1.807, 2.05) is 121 Å². The van der Waals surface area contributed by atoms with E-state index in [2.05, 4.69) is 60.1 Å².